The van der Waals surface area contributed by atoms with Gasteiger partial charge in [-0.25, -0.2) is 9.07 Å². The van der Waals surface area contributed by atoms with Gasteiger partial charge in [0.2, 0.25) is 5.91 Å². The third-order valence-electron chi connectivity index (χ3n) is 4.26. The minimum atomic E-state index is -0.287. The second-order valence-electron chi connectivity index (χ2n) is 6.00. The van der Waals surface area contributed by atoms with Gasteiger partial charge in [-0.2, -0.15) is 5.10 Å². The van der Waals surface area contributed by atoms with Crippen LogP contribution in [-0.4, -0.2) is 21.4 Å². The third kappa shape index (κ3) is 2.99. The zero-order valence-electron chi connectivity index (χ0n) is 13.9. The van der Waals surface area contributed by atoms with Crippen LogP contribution >= 0.6 is 23.4 Å². The first kappa shape index (κ1) is 17.1. The summed E-state index contributed by atoms with van der Waals surface area (Å²) in [6, 6.07) is 13.7. The number of nitrogens with one attached hydrogen (secondary N) is 1. The van der Waals surface area contributed by atoms with Gasteiger partial charge in [-0.1, -0.05) is 35.9 Å². The van der Waals surface area contributed by atoms with Crippen LogP contribution in [0.3, 0.4) is 0 Å². The van der Waals surface area contributed by atoms with Crippen LogP contribution in [0, 0.1) is 12.7 Å². The summed E-state index contributed by atoms with van der Waals surface area (Å²) in [6.45, 7) is 1.90. The van der Waals surface area contributed by atoms with Crippen LogP contribution in [0.5, 0.6) is 0 Å². The summed E-state index contributed by atoms with van der Waals surface area (Å²) in [6.07, 6.45) is 0. The minimum absolute atomic E-state index is 0.103. The fourth-order valence-electron chi connectivity index (χ4n) is 3.08. The van der Waals surface area contributed by atoms with Crippen molar-refractivity contribution in [2.45, 2.75) is 12.2 Å². The number of hydrogen-bond acceptors (Lipinski definition) is 3. The quantitative estimate of drug-likeness (QED) is 0.690. The molecule has 0 unspecified atom stereocenters. The number of amides is 1. The van der Waals surface area contributed by atoms with Crippen molar-refractivity contribution >= 4 is 35.1 Å². The molecule has 7 heteroatoms. The highest BCUT2D eigenvalue weighted by Gasteiger charge is 2.30. The van der Waals surface area contributed by atoms with E-state index in [2.05, 4.69) is 10.4 Å². The Kier molecular flexibility index (Phi) is 4.46. The molecule has 0 bridgehead atoms. The first-order valence-electron chi connectivity index (χ1n) is 8.06. The van der Waals surface area contributed by atoms with E-state index >= 15 is 0 Å². The van der Waals surface area contributed by atoms with Gasteiger partial charge in [-0.05, 0) is 36.8 Å². The maximum atomic E-state index is 13.3. The lowest BCUT2D eigenvalue weighted by Crippen LogP contribution is -2.16. The second kappa shape index (κ2) is 6.78. The maximum absolute atomic E-state index is 13.3. The molecular formula is C19H15ClFN3OS. The third-order valence-corrected chi connectivity index (χ3v) is 5.85. The first-order valence-corrected chi connectivity index (χ1v) is 9.48. The molecule has 1 N–H and O–H groups in total. The standard InChI is InChI=1S/C19H15ClFN3OS/c1-11-17-18(12-6-8-13(21)9-7-12)26-10-16(25)22-19(17)24(23-11)15-5-3-2-4-14(15)20/h2-9,18H,10H2,1H3,(H,22,25)/t18-/m1/s1. The summed E-state index contributed by atoms with van der Waals surface area (Å²) >= 11 is 7.84. The number of para-hydroxylation sites is 1. The molecular weight excluding hydrogens is 373 g/mol. The molecule has 4 nitrogen and oxygen atoms in total. The number of benzene rings is 2. The van der Waals surface area contributed by atoms with Crippen molar-refractivity contribution in [3.63, 3.8) is 0 Å². The lowest BCUT2D eigenvalue weighted by atomic mass is 10.0. The highest BCUT2D eigenvalue weighted by Crippen LogP contribution is 2.44. The lowest BCUT2D eigenvalue weighted by Gasteiger charge is -2.15. The van der Waals surface area contributed by atoms with Crippen molar-refractivity contribution < 1.29 is 9.18 Å². The van der Waals surface area contributed by atoms with E-state index in [4.69, 9.17) is 11.6 Å². The van der Waals surface area contributed by atoms with Crippen molar-refractivity contribution in [1.29, 1.82) is 0 Å². The molecule has 0 fully saturated rings. The summed E-state index contributed by atoms with van der Waals surface area (Å²) in [7, 11) is 0. The molecule has 2 aromatic carbocycles. The van der Waals surface area contributed by atoms with E-state index in [1.807, 2.05) is 25.1 Å². The number of aromatic nitrogens is 2. The van der Waals surface area contributed by atoms with E-state index < -0.39 is 0 Å². The van der Waals surface area contributed by atoms with Gasteiger partial charge < -0.3 is 5.32 Å². The average molecular weight is 388 g/mol. The molecule has 0 radical (unpaired) electrons. The van der Waals surface area contributed by atoms with Crippen LogP contribution in [0.1, 0.15) is 22.1 Å². The Balaban J connectivity index is 1.91. The number of carbonyl (C=O) groups is 1. The van der Waals surface area contributed by atoms with Crippen LogP contribution in [0.25, 0.3) is 5.69 Å². The average Bonchev–Trinajstić information content (AvgIpc) is 2.82. The topological polar surface area (TPSA) is 46.9 Å². The molecule has 1 aliphatic heterocycles. The Morgan fingerprint density at radius 1 is 1.23 bits per heavy atom. The fraction of sp³-hybridized carbons (Fsp3) is 0.158. The first-order chi connectivity index (χ1) is 12.5. The van der Waals surface area contributed by atoms with Gasteiger partial charge in [0.15, 0.2) is 0 Å². The van der Waals surface area contributed by atoms with Gasteiger partial charge in [0.05, 0.1) is 27.4 Å². The smallest absolute Gasteiger partial charge is 0.235 e. The van der Waals surface area contributed by atoms with Crippen molar-refractivity contribution in [3.05, 3.63) is 76.2 Å². The number of rotatable bonds is 2. The van der Waals surface area contributed by atoms with Crippen LogP contribution in [0.2, 0.25) is 5.02 Å². The van der Waals surface area contributed by atoms with Gasteiger partial charge in [0.1, 0.15) is 11.6 Å². The Morgan fingerprint density at radius 2 is 1.96 bits per heavy atom. The zero-order valence-corrected chi connectivity index (χ0v) is 15.4. The van der Waals surface area contributed by atoms with Gasteiger partial charge in [-0.15, -0.1) is 11.8 Å². The van der Waals surface area contributed by atoms with Crippen molar-refractivity contribution in [3.8, 4) is 5.69 Å². The number of aryl methyl sites for hydroxylation is 1. The van der Waals surface area contributed by atoms with Gasteiger partial charge in [-0.3, -0.25) is 4.79 Å². The number of thioether (sulfide) groups is 1. The summed E-state index contributed by atoms with van der Waals surface area (Å²) < 4.78 is 15.0. The second-order valence-corrected chi connectivity index (χ2v) is 7.50. The number of halogens is 2. The predicted molar refractivity (Wildman–Crippen MR) is 103 cm³/mol. The number of anilines is 1. The molecule has 2 heterocycles. The molecule has 26 heavy (non-hydrogen) atoms. The molecule has 0 spiro atoms. The van der Waals surface area contributed by atoms with E-state index in [0.717, 1.165) is 16.8 Å². The molecule has 1 atom stereocenters. The van der Waals surface area contributed by atoms with Gasteiger partial charge >= 0.3 is 0 Å². The SMILES string of the molecule is Cc1nn(-c2ccccc2Cl)c2c1[C@@H](c1ccc(F)cc1)SCC(=O)N2. The van der Waals surface area contributed by atoms with E-state index in [1.54, 1.807) is 22.9 Å². The molecule has 0 aliphatic carbocycles. The highest BCUT2D eigenvalue weighted by atomic mass is 35.5. The monoisotopic (exact) mass is 387 g/mol. The van der Waals surface area contributed by atoms with Gasteiger partial charge in [0, 0.05) is 5.56 Å². The number of fused-ring (bicyclic) bond motifs is 1. The molecule has 1 aromatic heterocycles. The Hall–Kier alpha value is -2.31. The number of hydrogen-bond donors (Lipinski definition) is 1. The normalized spacial score (nSPS) is 16.7. The Labute approximate surface area is 159 Å². The number of carbonyl (C=O) groups excluding carboxylic acids is 1. The lowest BCUT2D eigenvalue weighted by molar-refractivity contribution is -0.113. The van der Waals surface area contributed by atoms with Crippen LogP contribution in [0.15, 0.2) is 48.5 Å². The largest absolute Gasteiger partial charge is 0.310 e. The van der Waals surface area contributed by atoms with Crippen LogP contribution in [0.4, 0.5) is 10.2 Å². The summed E-state index contributed by atoms with van der Waals surface area (Å²) in [5.41, 5.74) is 3.33. The van der Waals surface area contributed by atoms with E-state index in [1.165, 1.54) is 23.9 Å². The molecule has 1 aliphatic rings. The maximum Gasteiger partial charge on any atom is 0.235 e. The van der Waals surface area contributed by atoms with Crippen LogP contribution < -0.4 is 5.32 Å². The molecule has 3 aromatic rings. The predicted octanol–water partition coefficient (Wildman–Crippen LogP) is 4.75. The van der Waals surface area contributed by atoms with Crippen molar-refractivity contribution in [1.82, 2.24) is 9.78 Å². The van der Waals surface area contributed by atoms with E-state index in [0.29, 0.717) is 22.3 Å². The Bertz CT molecular complexity index is 987. The molecule has 4 rings (SSSR count). The minimum Gasteiger partial charge on any atom is -0.310 e. The summed E-state index contributed by atoms with van der Waals surface area (Å²) in [5.74, 6) is 0.526. The van der Waals surface area contributed by atoms with E-state index in [9.17, 15) is 9.18 Å². The van der Waals surface area contributed by atoms with Crippen LogP contribution in [-0.2, 0) is 4.79 Å². The molecule has 1 amide bonds. The molecule has 0 saturated heterocycles. The zero-order chi connectivity index (χ0) is 18.3. The van der Waals surface area contributed by atoms with Crippen molar-refractivity contribution in [2.75, 3.05) is 11.1 Å². The van der Waals surface area contributed by atoms with Crippen molar-refractivity contribution in [2.24, 2.45) is 0 Å². The fourth-order valence-corrected chi connectivity index (χ4v) is 4.49. The number of nitrogens with zero attached hydrogens (tertiary/aromatic N) is 2. The Morgan fingerprint density at radius 3 is 2.69 bits per heavy atom. The van der Waals surface area contributed by atoms with E-state index in [-0.39, 0.29) is 17.0 Å². The molecule has 132 valence electrons. The highest BCUT2D eigenvalue weighted by molar-refractivity contribution is 8.00. The summed E-state index contributed by atoms with van der Waals surface area (Å²) in [5, 5.41) is 8.00. The van der Waals surface area contributed by atoms with Gasteiger partial charge in [0.25, 0.3) is 0 Å². The molecule has 0 saturated carbocycles. The summed E-state index contributed by atoms with van der Waals surface area (Å²) in [4.78, 5) is 12.3.